The minimum atomic E-state index is -2.54. The van der Waals surface area contributed by atoms with E-state index in [0.717, 1.165) is 0 Å². The molecule has 2 unspecified atom stereocenters. The van der Waals surface area contributed by atoms with Crippen molar-refractivity contribution in [3.8, 4) is 0 Å². The van der Waals surface area contributed by atoms with Crippen molar-refractivity contribution >= 4 is 21.6 Å². The SMILES string of the molecule is CC(C(=O)O)C(C)C(=O)N=S1(=O)CCOCC1. The molecule has 0 spiro atoms. The summed E-state index contributed by atoms with van der Waals surface area (Å²) in [5.41, 5.74) is 0. The van der Waals surface area contributed by atoms with Gasteiger partial charge in [-0.15, -0.1) is 0 Å². The van der Waals surface area contributed by atoms with Crippen LogP contribution in [0.1, 0.15) is 13.8 Å². The molecule has 98 valence electrons. The average molecular weight is 263 g/mol. The van der Waals surface area contributed by atoms with Gasteiger partial charge in [0.2, 0.25) is 0 Å². The zero-order valence-electron chi connectivity index (χ0n) is 9.92. The van der Waals surface area contributed by atoms with Gasteiger partial charge in [0.15, 0.2) is 0 Å². The van der Waals surface area contributed by atoms with Crippen LogP contribution in [0.5, 0.6) is 0 Å². The molecule has 17 heavy (non-hydrogen) atoms. The molecule has 1 rings (SSSR count). The van der Waals surface area contributed by atoms with Crippen molar-refractivity contribution in [1.82, 2.24) is 0 Å². The molecule has 0 saturated carbocycles. The second-order valence-corrected chi connectivity index (χ2v) is 6.68. The molecule has 1 fully saturated rings. The van der Waals surface area contributed by atoms with Gasteiger partial charge in [0, 0.05) is 0 Å². The normalized spacial score (nSPS) is 22.5. The van der Waals surface area contributed by atoms with Gasteiger partial charge in [0.05, 0.1) is 46.3 Å². The molecular formula is C10H17NO5S. The predicted octanol–water partition coefficient (Wildman–Crippen LogP) is 0.368. The summed E-state index contributed by atoms with van der Waals surface area (Å²) >= 11 is 0. The van der Waals surface area contributed by atoms with Crippen molar-refractivity contribution in [2.24, 2.45) is 16.2 Å². The van der Waals surface area contributed by atoms with Crippen LogP contribution >= 0.6 is 0 Å². The van der Waals surface area contributed by atoms with Crippen LogP contribution < -0.4 is 0 Å². The largest absolute Gasteiger partial charge is 0.481 e. The fourth-order valence-corrected chi connectivity index (χ4v) is 2.99. The minimum Gasteiger partial charge on any atom is -0.481 e. The first-order valence-electron chi connectivity index (χ1n) is 5.42. The molecule has 1 amide bonds. The lowest BCUT2D eigenvalue weighted by Crippen LogP contribution is -2.29. The van der Waals surface area contributed by atoms with Gasteiger partial charge in [-0.25, -0.2) is 4.21 Å². The summed E-state index contributed by atoms with van der Waals surface area (Å²) in [4.78, 5) is 22.4. The lowest BCUT2D eigenvalue weighted by atomic mass is 9.96. The smallest absolute Gasteiger partial charge is 0.307 e. The average Bonchev–Trinajstić information content (AvgIpc) is 2.27. The second kappa shape index (κ2) is 5.59. The quantitative estimate of drug-likeness (QED) is 0.794. The molecule has 0 aliphatic carbocycles. The lowest BCUT2D eigenvalue weighted by Gasteiger charge is -2.17. The van der Waals surface area contributed by atoms with E-state index >= 15 is 0 Å². The van der Waals surface area contributed by atoms with Gasteiger partial charge in [-0.2, -0.15) is 4.36 Å². The van der Waals surface area contributed by atoms with E-state index in [4.69, 9.17) is 9.84 Å². The van der Waals surface area contributed by atoms with E-state index < -0.39 is 33.4 Å². The van der Waals surface area contributed by atoms with Gasteiger partial charge in [-0.1, -0.05) is 13.8 Å². The molecule has 0 aromatic carbocycles. The van der Waals surface area contributed by atoms with Crippen molar-refractivity contribution in [2.75, 3.05) is 24.7 Å². The van der Waals surface area contributed by atoms with E-state index in [9.17, 15) is 13.8 Å². The van der Waals surface area contributed by atoms with E-state index in [1.807, 2.05) is 0 Å². The fraction of sp³-hybridized carbons (Fsp3) is 0.800. The monoisotopic (exact) mass is 263 g/mol. The standard InChI is InChI=1S/C10H17NO5S/c1-7(8(2)10(13)14)9(12)11-17(15)5-3-16-4-6-17/h7-8H,3-6H2,1-2H3,(H,13,14). The first-order chi connectivity index (χ1) is 7.86. The molecule has 1 N–H and O–H groups in total. The fourth-order valence-electron chi connectivity index (χ4n) is 1.35. The third-order valence-corrected chi connectivity index (χ3v) is 5.00. The number of hydrogen-bond acceptors (Lipinski definition) is 4. The first kappa shape index (κ1) is 14.1. The molecule has 6 nitrogen and oxygen atoms in total. The number of nitrogens with zero attached hydrogens (tertiary/aromatic N) is 1. The Bertz CT molecular complexity index is 412. The Hall–Kier alpha value is -0.950. The Morgan fingerprint density at radius 2 is 1.76 bits per heavy atom. The van der Waals surface area contributed by atoms with Crippen LogP contribution in [0.3, 0.4) is 0 Å². The van der Waals surface area contributed by atoms with Crippen molar-refractivity contribution in [3.05, 3.63) is 0 Å². The van der Waals surface area contributed by atoms with Crippen LogP contribution in [0.2, 0.25) is 0 Å². The van der Waals surface area contributed by atoms with Crippen molar-refractivity contribution in [3.63, 3.8) is 0 Å². The highest BCUT2D eigenvalue weighted by Gasteiger charge is 2.27. The highest BCUT2D eigenvalue weighted by atomic mass is 32.2. The maximum atomic E-state index is 12.1. The summed E-state index contributed by atoms with van der Waals surface area (Å²) in [7, 11) is -2.54. The number of ether oxygens (including phenoxy) is 1. The summed E-state index contributed by atoms with van der Waals surface area (Å²) in [6.45, 7) is 3.60. The molecule has 2 atom stereocenters. The molecular weight excluding hydrogens is 246 g/mol. The second-order valence-electron chi connectivity index (χ2n) is 4.14. The van der Waals surface area contributed by atoms with Crippen molar-refractivity contribution in [1.29, 1.82) is 0 Å². The number of rotatable bonds is 3. The Kier molecular flexibility index (Phi) is 4.64. The maximum absolute atomic E-state index is 12.1. The van der Waals surface area contributed by atoms with Crippen LogP contribution in [0.15, 0.2) is 4.36 Å². The molecule has 1 heterocycles. The highest BCUT2D eigenvalue weighted by molar-refractivity contribution is 7.93. The highest BCUT2D eigenvalue weighted by Crippen LogP contribution is 2.15. The molecule has 1 aliphatic rings. The lowest BCUT2D eigenvalue weighted by molar-refractivity contribution is -0.145. The summed E-state index contributed by atoms with van der Waals surface area (Å²) in [5, 5.41) is 8.79. The van der Waals surface area contributed by atoms with Gasteiger partial charge >= 0.3 is 5.97 Å². The molecule has 0 aromatic rings. The van der Waals surface area contributed by atoms with Crippen LogP contribution in [-0.4, -0.2) is 45.9 Å². The number of carboxylic acids is 1. The molecule has 0 radical (unpaired) electrons. The Morgan fingerprint density at radius 1 is 1.24 bits per heavy atom. The van der Waals surface area contributed by atoms with Gasteiger partial charge in [0.25, 0.3) is 5.91 Å². The Balaban J connectivity index is 2.80. The van der Waals surface area contributed by atoms with Crippen molar-refractivity contribution < 1.29 is 23.6 Å². The number of amides is 1. The van der Waals surface area contributed by atoms with Crippen LogP contribution in [0, 0.1) is 11.8 Å². The summed E-state index contributed by atoms with van der Waals surface area (Å²) in [6.07, 6.45) is 0. The van der Waals surface area contributed by atoms with Gasteiger partial charge in [0.1, 0.15) is 0 Å². The number of carbonyl (C=O) groups is 2. The number of carboxylic acid groups (broad SMARTS) is 1. The van der Waals surface area contributed by atoms with Gasteiger partial charge < -0.3 is 9.84 Å². The number of carbonyl (C=O) groups excluding carboxylic acids is 1. The number of hydrogen-bond donors (Lipinski definition) is 1. The zero-order valence-corrected chi connectivity index (χ0v) is 10.7. The third kappa shape index (κ3) is 3.78. The minimum absolute atomic E-state index is 0.243. The topological polar surface area (TPSA) is 93.0 Å². The molecule has 1 saturated heterocycles. The molecule has 7 heteroatoms. The molecule has 1 aliphatic heterocycles. The Morgan fingerprint density at radius 3 is 2.24 bits per heavy atom. The molecule has 0 bridgehead atoms. The van der Waals surface area contributed by atoms with Crippen LogP contribution in [0.4, 0.5) is 0 Å². The first-order valence-corrected chi connectivity index (χ1v) is 7.28. The van der Waals surface area contributed by atoms with E-state index in [-0.39, 0.29) is 11.5 Å². The van der Waals surface area contributed by atoms with Crippen LogP contribution in [-0.2, 0) is 24.1 Å². The van der Waals surface area contributed by atoms with E-state index in [1.165, 1.54) is 13.8 Å². The van der Waals surface area contributed by atoms with Gasteiger partial charge in [-0.05, 0) is 0 Å². The van der Waals surface area contributed by atoms with Crippen LogP contribution in [0.25, 0.3) is 0 Å². The molecule has 0 aromatic heterocycles. The van der Waals surface area contributed by atoms with E-state index in [0.29, 0.717) is 13.2 Å². The maximum Gasteiger partial charge on any atom is 0.307 e. The van der Waals surface area contributed by atoms with E-state index in [1.54, 1.807) is 0 Å². The Labute approximate surface area is 101 Å². The summed E-state index contributed by atoms with van der Waals surface area (Å²) in [5.74, 6) is -2.74. The number of aliphatic carboxylic acids is 1. The zero-order chi connectivity index (χ0) is 13.1. The van der Waals surface area contributed by atoms with Crippen molar-refractivity contribution in [2.45, 2.75) is 13.8 Å². The van der Waals surface area contributed by atoms with Gasteiger partial charge in [-0.3, -0.25) is 9.59 Å². The third-order valence-electron chi connectivity index (χ3n) is 2.88. The predicted molar refractivity (Wildman–Crippen MR) is 62.1 cm³/mol. The summed E-state index contributed by atoms with van der Waals surface area (Å²) < 4.78 is 20.9. The van der Waals surface area contributed by atoms with E-state index in [2.05, 4.69) is 4.36 Å². The summed E-state index contributed by atoms with van der Waals surface area (Å²) in [6, 6.07) is 0.